The summed E-state index contributed by atoms with van der Waals surface area (Å²) in [5.74, 6) is 5.37. The highest BCUT2D eigenvalue weighted by Gasteiger charge is 2.18. The van der Waals surface area contributed by atoms with Gasteiger partial charge in [-0.2, -0.15) is 0 Å². The Balaban J connectivity index is 2.13. The molecule has 1 unspecified atom stereocenters. The highest BCUT2D eigenvalue weighted by Crippen LogP contribution is 2.26. The van der Waals surface area contributed by atoms with Crippen LogP contribution in [-0.2, 0) is 4.79 Å². The van der Waals surface area contributed by atoms with E-state index in [4.69, 9.17) is 0 Å². The number of carbonyl (C=O) groups excluding carboxylic acids is 1. The van der Waals surface area contributed by atoms with Crippen LogP contribution in [0.4, 0.5) is 0 Å². The highest BCUT2D eigenvalue weighted by molar-refractivity contribution is 5.94. The summed E-state index contributed by atoms with van der Waals surface area (Å²) in [6.45, 7) is 1.86. The van der Waals surface area contributed by atoms with Crippen molar-refractivity contribution in [3.8, 4) is 17.6 Å². The monoisotopic (exact) mass is 279 g/mol. The molecule has 21 heavy (non-hydrogen) atoms. The number of carbonyl (C=O) groups is 1. The fourth-order valence-corrected chi connectivity index (χ4v) is 1.96. The summed E-state index contributed by atoms with van der Waals surface area (Å²) in [6.07, 6.45) is 0. The zero-order chi connectivity index (χ0) is 15.2. The maximum absolute atomic E-state index is 12.1. The van der Waals surface area contributed by atoms with Crippen molar-refractivity contribution < 1.29 is 9.90 Å². The molecule has 0 saturated heterocycles. The zero-order valence-corrected chi connectivity index (χ0v) is 12.1. The minimum Gasteiger partial charge on any atom is -0.508 e. The summed E-state index contributed by atoms with van der Waals surface area (Å²) < 4.78 is 0. The first-order valence-corrected chi connectivity index (χ1v) is 6.71. The molecule has 106 valence electrons. The van der Waals surface area contributed by atoms with Crippen LogP contribution in [0, 0.1) is 11.8 Å². The van der Waals surface area contributed by atoms with E-state index in [2.05, 4.69) is 11.8 Å². The molecule has 0 aromatic heterocycles. The predicted molar refractivity (Wildman–Crippen MR) is 82.6 cm³/mol. The van der Waals surface area contributed by atoms with Crippen LogP contribution in [0.3, 0.4) is 0 Å². The van der Waals surface area contributed by atoms with Crippen molar-refractivity contribution in [2.45, 2.75) is 13.0 Å². The van der Waals surface area contributed by atoms with Crippen molar-refractivity contribution >= 4 is 5.91 Å². The number of hydrogen-bond acceptors (Lipinski definition) is 2. The third kappa shape index (κ3) is 3.64. The van der Waals surface area contributed by atoms with Gasteiger partial charge in [-0.3, -0.25) is 4.79 Å². The van der Waals surface area contributed by atoms with Gasteiger partial charge < -0.3 is 10.0 Å². The Bertz CT molecular complexity index is 683. The molecule has 0 fully saturated rings. The molecule has 0 bridgehead atoms. The Morgan fingerprint density at radius 1 is 1.10 bits per heavy atom. The van der Waals surface area contributed by atoms with Gasteiger partial charge in [0.05, 0.1) is 6.04 Å². The fraction of sp³-hybridized carbons (Fsp3) is 0.167. The van der Waals surface area contributed by atoms with E-state index in [1.807, 2.05) is 43.3 Å². The molecule has 1 atom stereocenters. The first kappa shape index (κ1) is 14.7. The Labute approximate surface area is 124 Å². The maximum atomic E-state index is 12.1. The fourth-order valence-electron chi connectivity index (χ4n) is 1.96. The number of benzene rings is 2. The van der Waals surface area contributed by atoms with Gasteiger partial charge in [-0.05, 0) is 25.1 Å². The minimum absolute atomic E-state index is 0.181. The summed E-state index contributed by atoms with van der Waals surface area (Å²) >= 11 is 0. The second kappa shape index (κ2) is 6.62. The van der Waals surface area contributed by atoms with Gasteiger partial charge in [-0.1, -0.05) is 42.3 Å². The average Bonchev–Trinajstić information content (AvgIpc) is 2.52. The van der Waals surface area contributed by atoms with Crippen LogP contribution in [0.1, 0.15) is 24.1 Å². The molecule has 2 aromatic rings. The molecule has 0 heterocycles. The van der Waals surface area contributed by atoms with Crippen molar-refractivity contribution in [1.29, 1.82) is 0 Å². The summed E-state index contributed by atoms with van der Waals surface area (Å²) in [4.78, 5) is 13.6. The van der Waals surface area contributed by atoms with E-state index in [0.29, 0.717) is 5.56 Å². The number of aromatic hydroxyl groups is 1. The van der Waals surface area contributed by atoms with Gasteiger partial charge in [0, 0.05) is 24.1 Å². The molecule has 1 amide bonds. The van der Waals surface area contributed by atoms with Gasteiger partial charge in [0.1, 0.15) is 5.75 Å². The SMILES string of the molecule is CC(c1ccccc1O)N(C)C(=O)C#Cc1ccccc1. The van der Waals surface area contributed by atoms with Crippen LogP contribution >= 0.6 is 0 Å². The normalized spacial score (nSPS) is 11.1. The van der Waals surface area contributed by atoms with Crippen LogP contribution < -0.4 is 0 Å². The summed E-state index contributed by atoms with van der Waals surface area (Å²) in [5.41, 5.74) is 1.50. The summed E-state index contributed by atoms with van der Waals surface area (Å²) in [6, 6.07) is 16.1. The van der Waals surface area contributed by atoms with Crippen LogP contribution in [0.2, 0.25) is 0 Å². The molecule has 0 spiro atoms. The first-order valence-electron chi connectivity index (χ1n) is 6.71. The average molecular weight is 279 g/mol. The highest BCUT2D eigenvalue weighted by atomic mass is 16.3. The van der Waals surface area contributed by atoms with E-state index >= 15 is 0 Å². The Morgan fingerprint density at radius 2 is 1.71 bits per heavy atom. The lowest BCUT2D eigenvalue weighted by atomic mass is 10.1. The van der Waals surface area contributed by atoms with Gasteiger partial charge >= 0.3 is 0 Å². The molecule has 1 N–H and O–H groups in total. The van der Waals surface area contributed by atoms with E-state index in [9.17, 15) is 9.90 Å². The molecule has 0 radical (unpaired) electrons. The van der Waals surface area contributed by atoms with Gasteiger partial charge in [-0.25, -0.2) is 0 Å². The standard InChI is InChI=1S/C18H17NO2/c1-14(16-10-6-7-11-17(16)20)19(2)18(21)13-12-15-8-4-3-5-9-15/h3-11,14,20H,1-2H3. The number of amides is 1. The number of rotatable bonds is 2. The van der Waals surface area contributed by atoms with Crippen LogP contribution in [0.15, 0.2) is 54.6 Å². The third-order valence-electron chi connectivity index (χ3n) is 3.38. The van der Waals surface area contributed by atoms with Gasteiger partial charge in [0.25, 0.3) is 5.91 Å². The smallest absolute Gasteiger partial charge is 0.299 e. The van der Waals surface area contributed by atoms with E-state index in [-0.39, 0.29) is 17.7 Å². The molecule has 0 saturated carbocycles. The van der Waals surface area contributed by atoms with Crippen LogP contribution in [-0.4, -0.2) is 23.0 Å². The van der Waals surface area contributed by atoms with E-state index in [1.54, 1.807) is 25.2 Å². The van der Waals surface area contributed by atoms with Crippen molar-refractivity contribution in [1.82, 2.24) is 4.90 Å². The Morgan fingerprint density at radius 3 is 2.38 bits per heavy atom. The van der Waals surface area contributed by atoms with E-state index < -0.39 is 0 Å². The van der Waals surface area contributed by atoms with Gasteiger partial charge in [-0.15, -0.1) is 0 Å². The van der Waals surface area contributed by atoms with Crippen LogP contribution in [0.25, 0.3) is 0 Å². The zero-order valence-electron chi connectivity index (χ0n) is 12.1. The van der Waals surface area contributed by atoms with E-state index in [1.165, 1.54) is 4.90 Å². The lowest BCUT2D eigenvalue weighted by Crippen LogP contribution is -2.28. The minimum atomic E-state index is -0.283. The second-order valence-corrected chi connectivity index (χ2v) is 4.77. The molecule has 0 aliphatic carbocycles. The van der Waals surface area contributed by atoms with Gasteiger partial charge in [0.2, 0.25) is 0 Å². The molecule has 0 aliphatic rings. The Hall–Kier alpha value is -2.73. The summed E-state index contributed by atoms with van der Waals surface area (Å²) in [7, 11) is 1.68. The third-order valence-corrected chi connectivity index (χ3v) is 3.38. The lowest BCUT2D eigenvalue weighted by Gasteiger charge is -2.23. The first-order chi connectivity index (χ1) is 10.1. The molecular weight excluding hydrogens is 262 g/mol. The Kier molecular flexibility index (Phi) is 4.63. The summed E-state index contributed by atoms with van der Waals surface area (Å²) in [5, 5.41) is 9.85. The lowest BCUT2D eigenvalue weighted by molar-refractivity contribution is -0.125. The van der Waals surface area contributed by atoms with Crippen molar-refractivity contribution in [2.24, 2.45) is 0 Å². The maximum Gasteiger partial charge on any atom is 0.299 e. The predicted octanol–water partition coefficient (Wildman–Crippen LogP) is 2.96. The topological polar surface area (TPSA) is 40.5 Å². The molecule has 0 aliphatic heterocycles. The van der Waals surface area contributed by atoms with Crippen molar-refractivity contribution in [3.05, 3.63) is 65.7 Å². The molecule has 3 nitrogen and oxygen atoms in total. The number of hydrogen-bond donors (Lipinski definition) is 1. The quantitative estimate of drug-likeness (QED) is 0.859. The van der Waals surface area contributed by atoms with Gasteiger partial charge in [0.15, 0.2) is 0 Å². The van der Waals surface area contributed by atoms with Crippen molar-refractivity contribution in [2.75, 3.05) is 7.05 Å². The number of para-hydroxylation sites is 1. The molecular formula is C18H17NO2. The number of phenols is 1. The number of nitrogens with zero attached hydrogens (tertiary/aromatic N) is 1. The van der Waals surface area contributed by atoms with Crippen LogP contribution in [0.5, 0.6) is 5.75 Å². The van der Waals surface area contributed by atoms with Crippen molar-refractivity contribution in [3.63, 3.8) is 0 Å². The molecule has 2 rings (SSSR count). The largest absolute Gasteiger partial charge is 0.508 e. The second-order valence-electron chi connectivity index (χ2n) is 4.77. The molecule has 3 heteroatoms. The molecule has 2 aromatic carbocycles. The number of phenolic OH excluding ortho intramolecular Hbond substituents is 1. The van der Waals surface area contributed by atoms with E-state index in [0.717, 1.165) is 5.56 Å².